The van der Waals surface area contributed by atoms with Gasteiger partial charge in [-0.2, -0.15) is 5.26 Å². The maximum atomic E-state index is 9.86. The first-order chi connectivity index (χ1) is 8.15. The predicted octanol–water partition coefficient (Wildman–Crippen LogP) is 1.34. The van der Waals surface area contributed by atoms with Crippen LogP contribution in [0.25, 0.3) is 10.8 Å². The molecule has 0 aliphatic carbocycles. The second kappa shape index (κ2) is 4.42. The molecule has 0 amide bonds. The van der Waals surface area contributed by atoms with Gasteiger partial charge in [-0.3, -0.25) is 0 Å². The molecule has 0 saturated carbocycles. The van der Waals surface area contributed by atoms with E-state index in [1.54, 1.807) is 36.4 Å². The number of nitrogen functional groups attached to an aromatic ring is 1. The van der Waals surface area contributed by atoms with E-state index < -0.39 is 12.2 Å². The van der Waals surface area contributed by atoms with Crippen LogP contribution in [0.15, 0.2) is 36.4 Å². The van der Waals surface area contributed by atoms with Crippen molar-refractivity contribution in [3.8, 4) is 6.07 Å². The molecule has 2 aromatic rings. The average molecular weight is 228 g/mol. The summed E-state index contributed by atoms with van der Waals surface area (Å²) in [5.41, 5.74) is 6.93. The highest BCUT2D eigenvalue weighted by Crippen LogP contribution is 2.29. The zero-order valence-electron chi connectivity index (χ0n) is 9.04. The minimum Gasteiger partial charge on any atom is -0.398 e. The monoisotopic (exact) mass is 228 g/mol. The molecule has 17 heavy (non-hydrogen) atoms. The topological polar surface area (TPSA) is 90.3 Å². The number of hydrogen-bond donors (Lipinski definition) is 3. The Balaban J connectivity index is 2.63. The molecule has 0 fully saturated rings. The van der Waals surface area contributed by atoms with Gasteiger partial charge in [-0.15, -0.1) is 0 Å². The number of nitriles is 1. The zero-order chi connectivity index (χ0) is 12.4. The van der Waals surface area contributed by atoms with E-state index in [9.17, 15) is 10.2 Å². The molecule has 4 heteroatoms. The Morgan fingerprint density at radius 2 is 1.71 bits per heavy atom. The number of rotatable bonds is 2. The Morgan fingerprint density at radius 3 is 2.41 bits per heavy atom. The normalized spacial score (nSPS) is 14.2. The lowest BCUT2D eigenvalue weighted by Crippen LogP contribution is -2.16. The molecule has 0 spiro atoms. The van der Waals surface area contributed by atoms with E-state index in [0.717, 1.165) is 10.8 Å². The second-order valence-electron chi connectivity index (χ2n) is 3.81. The van der Waals surface area contributed by atoms with Crippen molar-refractivity contribution in [1.29, 1.82) is 5.26 Å². The van der Waals surface area contributed by atoms with Gasteiger partial charge in [-0.05, 0) is 17.0 Å². The molecule has 0 heterocycles. The summed E-state index contributed by atoms with van der Waals surface area (Å²) in [6.07, 6.45) is -2.67. The number of nitrogens with two attached hydrogens (primary N) is 1. The molecule has 0 aromatic heterocycles. The van der Waals surface area contributed by atoms with Crippen molar-refractivity contribution in [2.45, 2.75) is 12.2 Å². The zero-order valence-corrected chi connectivity index (χ0v) is 9.04. The summed E-state index contributed by atoms with van der Waals surface area (Å²) in [5, 5.41) is 29.4. The van der Waals surface area contributed by atoms with Gasteiger partial charge in [0.15, 0.2) is 6.10 Å². The standard InChI is InChI=1S/C13H12N2O2/c14-7-12(16)13(17)10-5-1-4-9-8(10)3-2-6-11(9)15/h1-6,12-13,16-17H,15H2. The molecule has 2 atom stereocenters. The van der Waals surface area contributed by atoms with E-state index in [1.807, 2.05) is 6.07 Å². The SMILES string of the molecule is N#CC(O)C(O)c1cccc2c(N)cccc12. The third kappa shape index (κ3) is 1.94. The summed E-state index contributed by atoms with van der Waals surface area (Å²) in [4.78, 5) is 0. The molecule has 2 aromatic carbocycles. The van der Waals surface area contributed by atoms with Gasteiger partial charge >= 0.3 is 0 Å². The van der Waals surface area contributed by atoms with Crippen molar-refractivity contribution in [2.75, 3.05) is 5.73 Å². The number of benzene rings is 2. The summed E-state index contributed by atoms with van der Waals surface area (Å²) >= 11 is 0. The van der Waals surface area contributed by atoms with Crippen molar-refractivity contribution in [1.82, 2.24) is 0 Å². The highest BCUT2D eigenvalue weighted by Gasteiger charge is 2.19. The molecule has 0 saturated heterocycles. The molecule has 2 rings (SSSR count). The Kier molecular flexibility index (Phi) is 2.96. The highest BCUT2D eigenvalue weighted by molar-refractivity contribution is 5.95. The lowest BCUT2D eigenvalue weighted by Gasteiger charge is -2.15. The minimum atomic E-state index is -1.44. The minimum absolute atomic E-state index is 0.504. The number of anilines is 1. The number of aliphatic hydroxyl groups is 2. The molecular weight excluding hydrogens is 216 g/mol. The van der Waals surface area contributed by atoms with Crippen molar-refractivity contribution < 1.29 is 10.2 Å². The third-order valence-corrected chi connectivity index (χ3v) is 2.74. The summed E-state index contributed by atoms with van der Waals surface area (Å²) in [7, 11) is 0. The largest absolute Gasteiger partial charge is 0.398 e. The van der Waals surface area contributed by atoms with Gasteiger partial charge in [0.1, 0.15) is 6.10 Å². The van der Waals surface area contributed by atoms with Gasteiger partial charge in [-0.1, -0.05) is 30.3 Å². The lowest BCUT2D eigenvalue weighted by molar-refractivity contribution is 0.0538. The Labute approximate surface area is 98.5 Å². The van der Waals surface area contributed by atoms with Gasteiger partial charge in [0.05, 0.1) is 6.07 Å². The smallest absolute Gasteiger partial charge is 0.170 e. The molecule has 0 bridgehead atoms. The molecule has 0 aliphatic rings. The van der Waals surface area contributed by atoms with E-state index in [4.69, 9.17) is 11.0 Å². The number of hydrogen-bond acceptors (Lipinski definition) is 4. The van der Waals surface area contributed by atoms with E-state index in [2.05, 4.69) is 0 Å². The molecule has 4 N–H and O–H groups in total. The van der Waals surface area contributed by atoms with Crippen LogP contribution < -0.4 is 5.73 Å². The summed E-state index contributed by atoms with van der Waals surface area (Å²) < 4.78 is 0. The third-order valence-electron chi connectivity index (χ3n) is 2.74. The van der Waals surface area contributed by atoms with Crippen LogP contribution in [0, 0.1) is 11.3 Å². The average Bonchev–Trinajstić information content (AvgIpc) is 2.37. The maximum Gasteiger partial charge on any atom is 0.170 e. The van der Waals surface area contributed by atoms with E-state index in [1.165, 1.54) is 0 Å². The Hall–Kier alpha value is -2.09. The molecule has 0 radical (unpaired) electrons. The van der Waals surface area contributed by atoms with Crippen LogP contribution in [0.4, 0.5) is 5.69 Å². The van der Waals surface area contributed by atoms with Gasteiger partial charge < -0.3 is 15.9 Å². The molecular formula is C13H12N2O2. The van der Waals surface area contributed by atoms with Gasteiger partial charge in [-0.25, -0.2) is 0 Å². The van der Waals surface area contributed by atoms with Crippen molar-refractivity contribution in [3.63, 3.8) is 0 Å². The van der Waals surface area contributed by atoms with Crippen LogP contribution in [0.1, 0.15) is 11.7 Å². The fourth-order valence-corrected chi connectivity index (χ4v) is 1.86. The second-order valence-corrected chi connectivity index (χ2v) is 3.81. The van der Waals surface area contributed by atoms with Crippen molar-refractivity contribution in [3.05, 3.63) is 42.0 Å². The Bertz CT molecular complexity index is 589. The van der Waals surface area contributed by atoms with Crippen LogP contribution >= 0.6 is 0 Å². The fourth-order valence-electron chi connectivity index (χ4n) is 1.86. The summed E-state index contributed by atoms with van der Waals surface area (Å²) in [6.45, 7) is 0. The van der Waals surface area contributed by atoms with Crippen LogP contribution in [0.2, 0.25) is 0 Å². The van der Waals surface area contributed by atoms with Crippen LogP contribution in [0.3, 0.4) is 0 Å². The first-order valence-electron chi connectivity index (χ1n) is 5.18. The van der Waals surface area contributed by atoms with Gasteiger partial charge in [0, 0.05) is 11.1 Å². The maximum absolute atomic E-state index is 9.86. The first-order valence-corrected chi connectivity index (χ1v) is 5.18. The molecule has 0 aliphatic heterocycles. The van der Waals surface area contributed by atoms with Gasteiger partial charge in [0.2, 0.25) is 0 Å². The van der Waals surface area contributed by atoms with Crippen molar-refractivity contribution >= 4 is 16.5 Å². The van der Waals surface area contributed by atoms with Crippen LogP contribution in [-0.2, 0) is 0 Å². The van der Waals surface area contributed by atoms with Crippen LogP contribution in [-0.4, -0.2) is 16.3 Å². The van der Waals surface area contributed by atoms with E-state index in [-0.39, 0.29) is 0 Å². The number of fused-ring (bicyclic) bond motifs is 1. The molecule has 4 nitrogen and oxygen atoms in total. The first kappa shape index (κ1) is 11.4. The quantitative estimate of drug-likeness (QED) is 0.534. The number of aliphatic hydroxyl groups excluding tert-OH is 2. The molecule has 86 valence electrons. The van der Waals surface area contributed by atoms with E-state index >= 15 is 0 Å². The van der Waals surface area contributed by atoms with Crippen LogP contribution in [0.5, 0.6) is 0 Å². The number of nitrogens with zero attached hydrogens (tertiary/aromatic N) is 1. The predicted molar refractivity (Wildman–Crippen MR) is 64.9 cm³/mol. The Morgan fingerprint density at radius 1 is 1.06 bits per heavy atom. The fraction of sp³-hybridized carbons (Fsp3) is 0.154. The van der Waals surface area contributed by atoms with Gasteiger partial charge in [0.25, 0.3) is 0 Å². The lowest BCUT2D eigenvalue weighted by atomic mass is 9.97. The summed E-state index contributed by atoms with van der Waals surface area (Å²) in [5.74, 6) is 0. The summed E-state index contributed by atoms with van der Waals surface area (Å²) in [6, 6.07) is 12.2. The molecule has 2 unspecified atom stereocenters. The highest BCUT2D eigenvalue weighted by atomic mass is 16.3. The van der Waals surface area contributed by atoms with Crippen molar-refractivity contribution in [2.24, 2.45) is 0 Å². The van der Waals surface area contributed by atoms with E-state index in [0.29, 0.717) is 11.3 Å².